The zero-order valence-corrected chi connectivity index (χ0v) is 15.7. The van der Waals surface area contributed by atoms with Crippen LogP contribution in [0.4, 0.5) is 0 Å². The molecule has 1 aromatic heterocycles. The predicted molar refractivity (Wildman–Crippen MR) is 105 cm³/mol. The van der Waals surface area contributed by atoms with Gasteiger partial charge in [-0.05, 0) is 37.1 Å². The fraction of sp³-hybridized carbons (Fsp3) is 0.409. The molecular formula is C22H26N2O3. The number of ether oxygens (including phenoxy) is 2. The summed E-state index contributed by atoms with van der Waals surface area (Å²) in [5, 5.41) is 10.7. The molecule has 1 saturated carbocycles. The molecule has 5 nitrogen and oxygen atoms in total. The molecule has 1 heterocycles. The van der Waals surface area contributed by atoms with Gasteiger partial charge in [-0.15, -0.1) is 0 Å². The number of aliphatic hydroxyl groups excluding tert-OH is 1. The Bertz CT molecular complexity index is 899. The molecule has 1 unspecified atom stereocenters. The molecule has 142 valence electrons. The SMILES string of the molecule is COc1ccccc1OCC(O)Cn1c(C2CCCC2)nc2ccccc21. The molecule has 1 atom stereocenters. The number of aromatic nitrogens is 2. The number of methoxy groups -OCH3 is 1. The number of imidazole rings is 1. The number of fused-ring (bicyclic) bond motifs is 1. The first-order valence-corrected chi connectivity index (χ1v) is 9.65. The third-order valence-electron chi connectivity index (χ3n) is 5.30. The maximum absolute atomic E-state index is 10.7. The number of para-hydroxylation sites is 4. The third-order valence-corrected chi connectivity index (χ3v) is 5.30. The van der Waals surface area contributed by atoms with Gasteiger partial charge in [0.15, 0.2) is 11.5 Å². The Hall–Kier alpha value is -2.53. The first kappa shape index (κ1) is 17.9. The Morgan fingerprint density at radius 2 is 1.78 bits per heavy atom. The second-order valence-electron chi connectivity index (χ2n) is 7.17. The van der Waals surface area contributed by atoms with Crippen molar-refractivity contribution in [2.45, 2.75) is 44.2 Å². The highest BCUT2D eigenvalue weighted by Crippen LogP contribution is 2.35. The van der Waals surface area contributed by atoms with E-state index in [-0.39, 0.29) is 6.61 Å². The van der Waals surface area contributed by atoms with E-state index in [1.165, 1.54) is 25.7 Å². The first-order chi connectivity index (χ1) is 13.3. The maximum atomic E-state index is 10.7. The minimum atomic E-state index is -0.632. The molecule has 0 amide bonds. The van der Waals surface area contributed by atoms with Crippen LogP contribution in [0.1, 0.15) is 37.4 Å². The number of rotatable bonds is 7. The van der Waals surface area contributed by atoms with Crippen molar-refractivity contribution in [3.05, 3.63) is 54.4 Å². The Balaban J connectivity index is 1.52. The molecule has 3 aromatic rings. The van der Waals surface area contributed by atoms with Crippen LogP contribution < -0.4 is 9.47 Å². The summed E-state index contributed by atoms with van der Waals surface area (Å²) in [5.41, 5.74) is 2.08. The van der Waals surface area contributed by atoms with Crippen molar-refractivity contribution in [2.75, 3.05) is 13.7 Å². The molecule has 1 N–H and O–H groups in total. The third kappa shape index (κ3) is 3.78. The van der Waals surface area contributed by atoms with Crippen LogP contribution in [0.25, 0.3) is 11.0 Å². The zero-order valence-electron chi connectivity index (χ0n) is 15.7. The Morgan fingerprint density at radius 3 is 2.56 bits per heavy atom. The average molecular weight is 366 g/mol. The molecule has 1 aliphatic carbocycles. The predicted octanol–water partition coefficient (Wildman–Crippen LogP) is 4.14. The van der Waals surface area contributed by atoms with Crippen LogP contribution in [-0.4, -0.2) is 34.5 Å². The summed E-state index contributed by atoms with van der Waals surface area (Å²) in [6.07, 6.45) is 4.24. The van der Waals surface area contributed by atoms with Crippen molar-refractivity contribution in [3.8, 4) is 11.5 Å². The fourth-order valence-electron chi connectivity index (χ4n) is 3.97. The van der Waals surface area contributed by atoms with E-state index in [4.69, 9.17) is 14.5 Å². The van der Waals surface area contributed by atoms with Crippen LogP contribution in [-0.2, 0) is 6.54 Å². The van der Waals surface area contributed by atoms with Crippen LogP contribution in [0.2, 0.25) is 0 Å². The number of hydrogen-bond donors (Lipinski definition) is 1. The van der Waals surface area contributed by atoms with Gasteiger partial charge in [0.2, 0.25) is 0 Å². The highest BCUT2D eigenvalue weighted by molar-refractivity contribution is 5.76. The van der Waals surface area contributed by atoms with Crippen LogP contribution in [0.5, 0.6) is 11.5 Å². The molecule has 27 heavy (non-hydrogen) atoms. The first-order valence-electron chi connectivity index (χ1n) is 9.65. The molecule has 0 aliphatic heterocycles. The van der Waals surface area contributed by atoms with Gasteiger partial charge in [-0.1, -0.05) is 37.1 Å². The van der Waals surface area contributed by atoms with Gasteiger partial charge in [-0.25, -0.2) is 4.98 Å². The van der Waals surface area contributed by atoms with Gasteiger partial charge in [-0.2, -0.15) is 0 Å². The Kier molecular flexibility index (Phi) is 5.30. The summed E-state index contributed by atoms with van der Waals surface area (Å²) in [6, 6.07) is 15.7. The number of nitrogens with zero attached hydrogens (tertiary/aromatic N) is 2. The lowest BCUT2D eigenvalue weighted by Crippen LogP contribution is -2.25. The molecule has 1 fully saturated rings. The number of benzene rings is 2. The summed E-state index contributed by atoms with van der Waals surface area (Å²) in [5.74, 6) is 2.90. The Morgan fingerprint density at radius 1 is 1.07 bits per heavy atom. The summed E-state index contributed by atoms with van der Waals surface area (Å²) in [7, 11) is 1.62. The van der Waals surface area contributed by atoms with E-state index in [0.717, 1.165) is 16.9 Å². The van der Waals surface area contributed by atoms with Crippen LogP contribution in [0, 0.1) is 0 Å². The summed E-state index contributed by atoms with van der Waals surface area (Å²) in [6.45, 7) is 0.679. The molecular weight excluding hydrogens is 340 g/mol. The monoisotopic (exact) mass is 366 g/mol. The van der Waals surface area contributed by atoms with Gasteiger partial charge in [0.25, 0.3) is 0 Å². The smallest absolute Gasteiger partial charge is 0.161 e. The standard InChI is InChI=1S/C22H26N2O3/c1-26-20-12-6-7-13-21(20)27-15-17(25)14-24-19-11-5-4-10-18(19)23-22(24)16-8-2-3-9-16/h4-7,10-13,16-17,25H,2-3,8-9,14-15H2,1H3. The normalized spacial score (nSPS) is 15.9. The minimum Gasteiger partial charge on any atom is -0.493 e. The van der Waals surface area contributed by atoms with Crippen molar-refractivity contribution in [3.63, 3.8) is 0 Å². The van der Waals surface area contributed by atoms with E-state index in [9.17, 15) is 5.11 Å². The molecule has 0 spiro atoms. The van der Waals surface area contributed by atoms with Crippen molar-refractivity contribution in [1.82, 2.24) is 9.55 Å². The van der Waals surface area contributed by atoms with Crippen molar-refractivity contribution < 1.29 is 14.6 Å². The number of aliphatic hydroxyl groups is 1. The maximum Gasteiger partial charge on any atom is 0.161 e. The second-order valence-corrected chi connectivity index (χ2v) is 7.17. The van der Waals surface area contributed by atoms with E-state index in [1.807, 2.05) is 42.5 Å². The largest absolute Gasteiger partial charge is 0.493 e. The summed E-state index contributed by atoms with van der Waals surface area (Å²) >= 11 is 0. The van der Waals surface area contributed by atoms with E-state index in [1.54, 1.807) is 7.11 Å². The molecule has 0 radical (unpaired) electrons. The van der Waals surface area contributed by atoms with Crippen molar-refractivity contribution in [2.24, 2.45) is 0 Å². The molecule has 5 heteroatoms. The lowest BCUT2D eigenvalue weighted by molar-refractivity contribution is 0.0909. The van der Waals surface area contributed by atoms with E-state index in [2.05, 4.69) is 10.6 Å². The molecule has 0 saturated heterocycles. The van der Waals surface area contributed by atoms with Gasteiger partial charge in [-0.3, -0.25) is 0 Å². The second kappa shape index (κ2) is 8.01. The van der Waals surface area contributed by atoms with Crippen molar-refractivity contribution >= 4 is 11.0 Å². The van der Waals surface area contributed by atoms with Gasteiger partial charge < -0.3 is 19.1 Å². The quantitative estimate of drug-likeness (QED) is 0.683. The number of hydrogen-bond acceptors (Lipinski definition) is 4. The molecule has 0 bridgehead atoms. The summed E-state index contributed by atoms with van der Waals surface area (Å²) in [4.78, 5) is 4.88. The molecule has 2 aromatic carbocycles. The fourth-order valence-corrected chi connectivity index (χ4v) is 3.97. The van der Waals surface area contributed by atoms with E-state index >= 15 is 0 Å². The van der Waals surface area contributed by atoms with E-state index in [0.29, 0.717) is 24.0 Å². The van der Waals surface area contributed by atoms with Crippen molar-refractivity contribution in [1.29, 1.82) is 0 Å². The molecule has 1 aliphatic rings. The lowest BCUT2D eigenvalue weighted by atomic mass is 10.1. The summed E-state index contributed by atoms with van der Waals surface area (Å²) < 4.78 is 13.3. The van der Waals surface area contributed by atoms with Gasteiger partial charge in [0.1, 0.15) is 18.5 Å². The lowest BCUT2D eigenvalue weighted by Gasteiger charge is -2.18. The average Bonchev–Trinajstić information content (AvgIpc) is 3.35. The highest BCUT2D eigenvalue weighted by Gasteiger charge is 2.24. The van der Waals surface area contributed by atoms with Crippen LogP contribution >= 0.6 is 0 Å². The van der Waals surface area contributed by atoms with Crippen LogP contribution in [0.3, 0.4) is 0 Å². The van der Waals surface area contributed by atoms with Gasteiger partial charge in [0.05, 0.1) is 24.7 Å². The molecule has 4 rings (SSSR count). The zero-order chi connectivity index (χ0) is 18.6. The van der Waals surface area contributed by atoms with Gasteiger partial charge in [0, 0.05) is 5.92 Å². The van der Waals surface area contributed by atoms with E-state index < -0.39 is 6.10 Å². The Labute approximate surface area is 159 Å². The highest BCUT2D eigenvalue weighted by atomic mass is 16.5. The van der Waals surface area contributed by atoms with Gasteiger partial charge >= 0.3 is 0 Å². The topological polar surface area (TPSA) is 56.5 Å². The minimum absolute atomic E-state index is 0.205. The van der Waals surface area contributed by atoms with Crippen LogP contribution in [0.15, 0.2) is 48.5 Å².